The predicted octanol–water partition coefficient (Wildman–Crippen LogP) is 6.51. The Balaban J connectivity index is 2.04. The van der Waals surface area contributed by atoms with Gasteiger partial charge in [-0.1, -0.05) is 70.4 Å². The van der Waals surface area contributed by atoms with Crippen molar-refractivity contribution in [1.29, 1.82) is 0 Å². The van der Waals surface area contributed by atoms with E-state index in [1.54, 1.807) is 0 Å². The van der Waals surface area contributed by atoms with Gasteiger partial charge in [-0.05, 0) is 54.5 Å². The second-order valence-corrected chi connectivity index (χ2v) is 6.47. The molecule has 0 aromatic heterocycles. The normalized spacial score (nSPS) is 10.6. The van der Waals surface area contributed by atoms with E-state index in [2.05, 4.69) is 26.8 Å². The number of unbranched alkanes of at least 4 members (excludes halogenated alkanes) is 3. The summed E-state index contributed by atoms with van der Waals surface area (Å²) in [5.74, 6) is 1.19. The average Bonchev–Trinajstić information content (AvgIpc) is 2.66. The Labute approximate surface area is 157 Å². The lowest BCUT2D eigenvalue weighted by Crippen LogP contribution is -2.16. The number of rotatable bonds is 9. The van der Waals surface area contributed by atoms with Crippen molar-refractivity contribution >= 4 is 6.16 Å². The van der Waals surface area contributed by atoms with Crippen molar-refractivity contribution in [2.24, 2.45) is 0 Å². The molecule has 2 aromatic carbocycles. The molecule has 2 rings (SSSR count). The molecular weight excluding hydrogens is 324 g/mol. The highest BCUT2D eigenvalue weighted by Crippen LogP contribution is 2.26. The summed E-state index contributed by atoms with van der Waals surface area (Å²) in [5.41, 5.74) is 3.33. The molecule has 0 fully saturated rings. The Kier molecular flexibility index (Phi) is 8.20. The van der Waals surface area contributed by atoms with Crippen LogP contribution in [0.15, 0.2) is 42.5 Å². The van der Waals surface area contributed by atoms with Gasteiger partial charge in [0.2, 0.25) is 0 Å². The van der Waals surface area contributed by atoms with Crippen LogP contribution >= 0.6 is 0 Å². The number of para-hydroxylation sites is 1. The van der Waals surface area contributed by atoms with Crippen LogP contribution in [0.4, 0.5) is 4.79 Å². The fraction of sp³-hybridized carbons (Fsp3) is 0.435. The van der Waals surface area contributed by atoms with Gasteiger partial charge in [-0.3, -0.25) is 0 Å². The lowest BCUT2D eigenvalue weighted by Gasteiger charge is -2.13. The second-order valence-electron chi connectivity index (χ2n) is 6.47. The maximum atomic E-state index is 12.3. The van der Waals surface area contributed by atoms with E-state index in [9.17, 15) is 4.79 Å². The summed E-state index contributed by atoms with van der Waals surface area (Å²) in [4.78, 5) is 12.3. The zero-order valence-corrected chi connectivity index (χ0v) is 16.2. The Bertz CT molecular complexity index is 706. The van der Waals surface area contributed by atoms with Gasteiger partial charge in [0, 0.05) is 0 Å². The van der Waals surface area contributed by atoms with E-state index in [1.165, 1.54) is 24.8 Å². The van der Waals surface area contributed by atoms with E-state index in [0.29, 0.717) is 11.5 Å². The molecule has 0 spiro atoms. The fourth-order valence-electron chi connectivity index (χ4n) is 3.19. The molecular formula is C23H30O3. The van der Waals surface area contributed by atoms with Crippen molar-refractivity contribution in [3.63, 3.8) is 0 Å². The highest BCUT2D eigenvalue weighted by molar-refractivity contribution is 5.68. The zero-order valence-electron chi connectivity index (χ0n) is 16.2. The standard InChI is InChI=1S/C23H30O3/c1-4-7-8-9-13-19-14-10-11-16-21(19)25-23(24)26-22-17-12-15-18(5-2)20(22)6-3/h10-12,14-17H,4-9,13H2,1-3H3. The summed E-state index contributed by atoms with van der Waals surface area (Å²) in [6.07, 6.45) is 6.71. The molecule has 0 N–H and O–H groups in total. The zero-order chi connectivity index (χ0) is 18.8. The maximum absolute atomic E-state index is 12.3. The summed E-state index contributed by atoms with van der Waals surface area (Å²) in [5, 5.41) is 0. The molecule has 0 bridgehead atoms. The molecule has 0 aliphatic carbocycles. The lowest BCUT2D eigenvalue weighted by atomic mass is 10.0. The van der Waals surface area contributed by atoms with E-state index < -0.39 is 6.16 Å². The second kappa shape index (κ2) is 10.6. The largest absolute Gasteiger partial charge is 0.519 e. The summed E-state index contributed by atoms with van der Waals surface area (Å²) >= 11 is 0. The first-order valence-corrected chi connectivity index (χ1v) is 9.77. The third-order valence-corrected chi connectivity index (χ3v) is 4.62. The van der Waals surface area contributed by atoms with Gasteiger partial charge >= 0.3 is 6.16 Å². The van der Waals surface area contributed by atoms with Crippen LogP contribution in [0.5, 0.6) is 11.5 Å². The Hall–Kier alpha value is -2.29. The molecule has 0 saturated heterocycles. The van der Waals surface area contributed by atoms with Crippen molar-refractivity contribution in [1.82, 2.24) is 0 Å². The Morgan fingerprint density at radius 3 is 2.19 bits per heavy atom. The average molecular weight is 354 g/mol. The first-order chi connectivity index (χ1) is 12.7. The van der Waals surface area contributed by atoms with Crippen LogP contribution in [-0.2, 0) is 19.3 Å². The smallest absolute Gasteiger partial charge is 0.394 e. The number of carbonyl (C=O) groups is 1. The number of hydrogen-bond donors (Lipinski definition) is 0. The molecule has 0 heterocycles. The molecule has 0 aliphatic rings. The molecule has 0 atom stereocenters. The summed E-state index contributed by atoms with van der Waals surface area (Å²) in [6.45, 7) is 6.37. The van der Waals surface area contributed by atoms with Crippen LogP contribution < -0.4 is 9.47 Å². The Morgan fingerprint density at radius 2 is 1.46 bits per heavy atom. The lowest BCUT2D eigenvalue weighted by molar-refractivity contribution is 0.151. The van der Waals surface area contributed by atoms with Crippen molar-refractivity contribution in [3.8, 4) is 11.5 Å². The number of aryl methyl sites for hydroxylation is 2. The first kappa shape index (κ1) is 20.0. The molecule has 140 valence electrons. The van der Waals surface area contributed by atoms with Crippen LogP contribution in [-0.4, -0.2) is 6.16 Å². The topological polar surface area (TPSA) is 35.5 Å². The van der Waals surface area contributed by atoms with E-state index in [1.807, 2.05) is 36.4 Å². The van der Waals surface area contributed by atoms with Gasteiger partial charge in [0.1, 0.15) is 11.5 Å². The first-order valence-electron chi connectivity index (χ1n) is 9.77. The highest BCUT2D eigenvalue weighted by atomic mass is 16.7. The van der Waals surface area contributed by atoms with E-state index in [-0.39, 0.29) is 0 Å². The molecule has 3 nitrogen and oxygen atoms in total. The number of hydrogen-bond acceptors (Lipinski definition) is 3. The van der Waals surface area contributed by atoms with Crippen molar-refractivity contribution in [3.05, 3.63) is 59.2 Å². The van der Waals surface area contributed by atoms with Crippen LogP contribution in [0.25, 0.3) is 0 Å². The van der Waals surface area contributed by atoms with Gasteiger partial charge in [-0.15, -0.1) is 0 Å². The Morgan fingerprint density at radius 1 is 0.769 bits per heavy atom. The van der Waals surface area contributed by atoms with Gasteiger partial charge in [-0.25, -0.2) is 4.79 Å². The number of carbonyl (C=O) groups excluding carboxylic acids is 1. The minimum atomic E-state index is -0.672. The van der Waals surface area contributed by atoms with E-state index in [4.69, 9.17) is 9.47 Å². The predicted molar refractivity (Wildman–Crippen MR) is 106 cm³/mol. The van der Waals surface area contributed by atoms with Crippen molar-refractivity contribution < 1.29 is 14.3 Å². The van der Waals surface area contributed by atoms with Crippen LogP contribution in [0.3, 0.4) is 0 Å². The highest BCUT2D eigenvalue weighted by Gasteiger charge is 2.14. The number of ether oxygens (including phenoxy) is 2. The number of benzene rings is 2. The fourth-order valence-corrected chi connectivity index (χ4v) is 3.19. The molecule has 0 radical (unpaired) electrons. The summed E-state index contributed by atoms with van der Waals surface area (Å²) in [7, 11) is 0. The van der Waals surface area contributed by atoms with E-state index in [0.717, 1.165) is 36.8 Å². The molecule has 2 aromatic rings. The summed E-state index contributed by atoms with van der Waals surface area (Å²) in [6, 6.07) is 13.5. The van der Waals surface area contributed by atoms with Crippen LogP contribution in [0.2, 0.25) is 0 Å². The van der Waals surface area contributed by atoms with Gasteiger partial charge in [0.15, 0.2) is 0 Å². The van der Waals surface area contributed by atoms with Gasteiger partial charge in [0.05, 0.1) is 0 Å². The minimum absolute atomic E-state index is 0.595. The van der Waals surface area contributed by atoms with Gasteiger partial charge in [0.25, 0.3) is 0 Å². The molecule has 26 heavy (non-hydrogen) atoms. The maximum Gasteiger partial charge on any atom is 0.519 e. The third-order valence-electron chi connectivity index (χ3n) is 4.62. The monoisotopic (exact) mass is 354 g/mol. The third kappa shape index (κ3) is 5.62. The van der Waals surface area contributed by atoms with Crippen LogP contribution in [0, 0.1) is 0 Å². The van der Waals surface area contributed by atoms with Gasteiger partial charge in [-0.2, -0.15) is 0 Å². The van der Waals surface area contributed by atoms with Crippen LogP contribution in [0.1, 0.15) is 63.1 Å². The summed E-state index contributed by atoms with van der Waals surface area (Å²) < 4.78 is 11.0. The minimum Gasteiger partial charge on any atom is -0.394 e. The molecule has 0 amide bonds. The molecule has 0 saturated carbocycles. The molecule has 0 unspecified atom stereocenters. The molecule has 3 heteroatoms. The van der Waals surface area contributed by atoms with Gasteiger partial charge < -0.3 is 9.47 Å². The van der Waals surface area contributed by atoms with E-state index >= 15 is 0 Å². The quantitative estimate of drug-likeness (QED) is 0.292. The molecule has 0 aliphatic heterocycles. The van der Waals surface area contributed by atoms with Crippen molar-refractivity contribution in [2.45, 2.75) is 65.7 Å². The SMILES string of the molecule is CCCCCCc1ccccc1OC(=O)Oc1cccc(CC)c1CC. The van der Waals surface area contributed by atoms with Crippen molar-refractivity contribution in [2.75, 3.05) is 0 Å².